The SMILES string of the molecule is CN=C(NCCc1ccc(OC)c(OC)c1)NCC1CCCN(CC(C)C)C1.I. The average Bonchev–Trinajstić information content (AvgIpc) is 2.70. The van der Waals surface area contributed by atoms with Crippen LogP contribution < -0.4 is 20.1 Å². The van der Waals surface area contributed by atoms with E-state index in [0.29, 0.717) is 5.92 Å². The molecule has 0 radical (unpaired) electrons. The summed E-state index contributed by atoms with van der Waals surface area (Å²) in [5.74, 6) is 3.83. The van der Waals surface area contributed by atoms with Crippen molar-refractivity contribution in [2.24, 2.45) is 16.8 Å². The van der Waals surface area contributed by atoms with E-state index in [1.165, 1.54) is 38.0 Å². The smallest absolute Gasteiger partial charge is 0.190 e. The number of guanidine groups is 1. The van der Waals surface area contributed by atoms with E-state index in [2.05, 4.69) is 40.4 Å². The number of hydrogen-bond acceptors (Lipinski definition) is 4. The van der Waals surface area contributed by atoms with Crippen LogP contribution in [0.25, 0.3) is 0 Å². The predicted molar refractivity (Wildman–Crippen MR) is 132 cm³/mol. The molecule has 0 amide bonds. The van der Waals surface area contributed by atoms with E-state index in [1.807, 2.05) is 19.2 Å². The summed E-state index contributed by atoms with van der Waals surface area (Å²) in [4.78, 5) is 6.97. The maximum atomic E-state index is 5.38. The van der Waals surface area contributed by atoms with E-state index in [0.717, 1.165) is 42.9 Å². The maximum Gasteiger partial charge on any atom is 0.190 e. The zero-order valence-corrected chi connectivity index (χ0v) is 21.0. The Labute approximate surface area is 193 Å². The summed E-state index contributed by atoms with van der Waals surface area (Å²) in [6, 6.07) is 6.06. The molecule has 29 heavy (non-hydrogen) atoms. The quantitative estimate of drug-likeness (QED) is 0.298. The zero-order valence-electron chi connectivity index (χ0n) is 18.7. The molecule has 0 bridgehead atoms. The van der Waals surface area contributed by atoms with Crippen molar-refractivity contribution in [3.8, 4) is 11.5 Å². The van der Waals surface area contributed by atoms with Gasteiger partial charge in [0.15, 0.2) is 17.5 Å². The minimum Gasteiger partial charge on any atom is -0.493 e. The van der Waals surface area contributed by atoms with E-state index < -0.39 is 0 Å². The van der Waals surface area contributed by atoms with E-state index >= 15 is 0 Å². The highest BCUT2D eigenvalue weighted by atomic mass is 127. The molecule has 2 rings (SSSR count). The second-order valence-electron chi connectivity index (χ2n) is 7.98. The molecule has 1 unspecified atom stereocenters. The van der Waals surface area contributed by atoms with Crippen molar-refractivity contribution in [1.82, 2.24) is 15.5 Å². The van der Waals surface area contributed by atoms with Crippen LogP contribution >= 0.6 is 24.0 Å². The third-order valence-corrected chi connectivity index (χ3v) is 5.16. The lowest BCUT2D eigenvalue weighted by molar-refractivity contribution is 0.159. The fourth-order valence-corrected chi connectivity index (χ4v) is 3.82. The van der Waals surface area contributed by atoms with Gasteiger partial charge in [0.05, 0.1) is 14.2 Å². The van der Waals surface area contributed by atoms with Crippen LogP contribution in [0.4, 0.5) is 0 Å². The predicted octanol–water partition coefficient (Wildman–Crippen LogP) is 3.40. The Morgan fingerprint density at radius 2 is 1.97 bits per heavy atom. The molecule has 1 aromatic carbocycles. The summed E-state index contributed by atoms with van der Waals surface area (Å²) in [5, 5.41) is 6.93. The monoisotopic (exact) mass is 518 g/mol. The molecule has 0 aromatic heterocycles. The van der Waals surface area contributed by atoms with Gasteiger partial charge in [-0.2, -0.15) is 0 Å². The number of ether oxygens (including phenoxy) is 2. The van der Waals surface area contributed by atoms with Crippen LogP contribution in [0.5, 0.6) is 11.5 Å². The molecule has 166 valence electrons. The summed E-state index contributed by atoms with van der Waals surface area (Å²) >= 11 is 0. The number of rotatable bonds is 9. The Morgan fingerprint density at radius 1 is 1.21 bits per heavy atom. The molecule has 2 N–H and O–H groups in total. The average molecular weight is 518 g/mol. The molecule has 1 atom stereocenters. The number of likely N-dealkylation sites (tertiary alicyclic amines) is 1. The van der Waals surface area contributed by atoms with E-state index in [9.17, 15) is 0 Å². The van der Waals surface area contributed by atoms with Gasteiger partial charge in [0.2, 0.25) is 0 Å². The molecule has 0 spiro atoms. The van der Waals surface area contributed by atoms with Gasteiger partial charge in [-0.05, 0) is 55.3 Å². The molecular formula is C22H39IN4O2. The van der Waals surface area contributed by atoms with Gasteiger partial charge in [-0.3, -0.25) is 4.99 Å². The standard InChI is InChI=1S/C22H38N4O2.HI/c1-17(2)15-26-12-6-7-19(16-26)14-25-22(23-3)24-11-10-18-8-9-20(27-4)21(13-18)28-5;/h8-9,13,17,19H,6-7,10-12,14-16H2,1-5H3,(H2,23,24,25);1H. The minimum atomic E-state index is 0. The fraction of sp³-hybridized carbons (Fsp3) is 0.682. The number of hydrogen-bond donors (Lipinski definition) is 2. The lowest BCUT2D eigenvalue weighted by Crippen LogP contribution is -2.45. The van der Waals surface area contributed by atoms with E-state index in [-0.39, 0.29) is 24.0 Å². The summed E-state index contributed by atoms with van der Waals surface area (Å²) in [7, 11) is 5.15. The number of piperidine rings is 1. The highest BCUT2D eigenvalue weighted by Gasteiger charge is 2.20. The van der Waals surface area contributed by atoms with Gasteiger partial charge in [-0.25, -0.2) is 0 Å². The number of benzene rings is 1. The number of methoxy groups -OCH3 is 2. The largest absolute Gasteiger partial charge is 0.493 e. The Bertz CT molecular complexity index is 625. The van der Waals surface area contributed by atoms with E-state index in [4.69, 9.17) is 9.47 Å². The molecule has 1 saturated heterocycles. The molecule has 1 heterocycles. The first-order valence-electron chi connectivity index (χ1n) is 10.4. The molecule has 7 heteroatoms. The van der Waals surface area contributed by atoms with Crippen LogP contribution in [-0.4, -0.2) is 64.9 Å². The number of nitrogens with zero attached hydrogens (tertiary/aromatic N) is 2. The lowest BCUT2D eigenvalue weighted by Gasteiger charge is -2.34. The van der Waals surface area contributed by atoms with Gasteiger partial charge in [0.25, 0.3) is 0 Å². The molecule has 0 aliphatic carbocycles. The summed E-state index contributed by atoms with van der Waals surface area (Å²) < 4.78 is 10.7. The molecule has 6 nitrogen and oxygen atoms in total. The Morgan fingerprint density at radius 3 is 2.62 bits per heavy atom. The number of nitrogens with one attached hydrogen (secondary N) is 2. The van der Waals surface area contributed by atoms with Crippen molar-refractivity contribution >= 4 is 29.9 Å². The second kappa shape index (κ2) is 13.9. The van der Waals surface area contributed by atoms with Crippen molar-refractivity contribution in [2.75, 3.05) is 54.0 Å². The van der Waals surface area contributed by atoms with Gasteiger partial charge in [-0.15, -0.1) is 24.0 Å². The lowest BCUT2D eigenvalue weighted by atomic mass is 9.97. The van der Waals surface area contributed by atoms with E-state index in [1.54, 1.807) is 14.2 Å². The van der Waals surface area contributed by atoms with Gasteiger partial charge >= 0.3 is 0 Å². The topological polar surface area (TPSA) is 58.1 Å². The number of aliphatic imine (C=N–C) groups is 1. The Balaban J connectivity index is 0.00000420. The van der Waals surface area contributed by atoms with Gasteiger partial charge < -0.3 is 25.0 Å². The molecule has 1 fully saturated rings. The van der Waals surface area contributed by atoms with Crippen LogP contribution in [0.1, 0.15) is 32.3 Å². The van der Waals surface area contributed by atoms with Gasteiger partial charge in [0, 0.05) is 33.2 Å². The number of halogens is 1. The van der Waals surface area contributed by atoms with Crippen molar-refractivity contribution in [1.29, 1.82) is 0 Å². The molecule has 1 aliphatic heterocycles. The van der Waals surface area contributed by atoms with Crippen LogP contribution in [0, 0.1) is 11.8 Å². The second-order valence-corrected chi connectivity index (χ2v) is 7.98. The third-order valence-electron chi connectivity index (χ3n) is 5.16. The summed E-state index contributed by atoms with van der Waals surface area (Å²) in [6.07, 6.45) is 3.49. The Kier molecular flexibility index (Phi) is 12.4. The van der Waals surface area contributed by atoms with Crippen LogP contribution in [0.3, 0.4) is 0 Å². The first kappa shape index (κ1) is 25.8. The summed E-state index contributed by atoms with van der Waals surface area (Å²) in [5.41, 5.74) is 1.21. The van der Waals surface area contributed by atoms with Crippen molar-refractivity contribution in [3.63, 3.8) is 0 Å². The van der Waals surface area contributed by atoms with Gasteiger partial charge in [0.1, 0.15) is 0 Å². The fourth-order valence-electron chi connectivity index (χ4n) is 3.82. The van der Waals surface area contributed by atoms with Crippen LogP contribution in [0.15, 0.2) is 23.2 Å². The van der Waals surface area contributed by atoms with Crippen LogP contribution in [0.2, 0.25) is 0 Å². The minimum absolute atomic E-state index is 0. The maximum absolute atomic E-state index is 5.38. The van der Waals surface area contributed by atoms with Crippen molar-refractivity contribution in [3.05, 3.63) is 23.8 Å². The first-order chi connectivity index (χ1) is 13.5. The molecule has 1 aliphatic rings. The first-order valence-corrected chi connectivity index (χ1v) is 10.4. The molecule has 0 saturated carbocycles. The summed E-state index contributed by atoms with van der Waals surface area (Å²) in [6.45, 7) is 10.0. The Hall–Kier alpha value is -1.22. The highest BCUT2D eigenvalue weighted by Crippen LogP contribution is 2.27. The normalized spacial score (nSPS) is 17.6. The van der Waals surface area contributed by atoms with Crippen LogP contribution in [-0.2, 0) is 6.42 Å². The zero-order chi connectivity index (χ0) is 20.4. The third kappa shape index (κ3) is 8.99. The molecule has 1 aromatic rings. The van der Waals surface area contributed by atoms with Crippen molar-refractivity contribution in [2.45, 2.75) is 33.1 Å². The van der Waals surface area contributed by atoms with Crippen molar-refractivity contribution < 1.29 is 9.47 Å². The van der Waals surface area contributed by atoms with Gasteiger partial charge in [-0.1, -0.05) is 19.9 Å². The highest BCUT2D eigenvalue weighted by molar-refractivity contribution is 14.0. The molecular weight excluding hydrogens is 479 g/mol.